The smallest absolute Gasteiger partial charge is 0.228 e. The third-order valence-electron chi connectivity index (χ3n) is 6.11. The van der Waals surface area contributed by atoms with E-state index in [0.717, 1.165) is 5.56 Å². The second-order valence-corrected chi connectivity index (χ2v) is 9.65. The molecule has 0 bridgehead atoms. The third kappa shape index (κ3) is 5.28. The van der Waals surface area contributed by atoms with Gasteiger partial charge >= 0.3 is 0 Å². The van der Waals surface area contributed by atoms with Gasteiger partial charge in [0.05, 0.1) is 40.5 Å². The predicted octanol–water partition coefficient (Wildman–Crippen LogP) is 2.55. The molecule has 0 aliphatic carbocycles. The molecular formula is C24H36N2O6. The van der Waals surface area contributed by atoms with Crippen LogP contribution in [0.1, 0.15) is 38.7 Å². The van der Waals surface area contributed by atoms with Crippen LogP contribution >= 0.6 is 0 Å². The van der Waals surface area contributed by atoms with Crippen LogP contribution in [-0.2, 0) is 14.3 Å². The van der Waals surface area contributed by atoms with E-state index in [2.05, 4.69) is 0 Å². The van der Waals surface area contributed by atoms with E-state index in [9.17, 15) is 9.59 Å². The van der Waals surface area contributed by atoms with Gasteiger partial charge in [-0.25, -0.2) is 0 Å². The lowest BCUT2D eigenvalue weighted by Gasteiger charge is -2.31. The second-order valence-electron chi connectivity index (χ2n) is 9.65. The van der Waals surface area contributed by atoms with E-state index >= 15 is 0 Å². The fourth-order valence-corrected chi connectivity index (χ4v) is 4.49. The average Bonchev–Trinajstić information content (AvgIpc) is 3.22. The highest BCUT2D eigenvalue weighted by Crippen LogP contribution is 2.44. The van der Waals surface area contributed by atoms with Crippen molar-refractivity contribution < 1.29 is 28.5 Å². The quantitative estimate of drug-likeness (QED) is 0.666. The maximum atomic E-state index is 13.5. The number of benzene rings is 1. The highest BCUT2D eigenvalue weighted by Gasteiger charge is 2.43. The second kappa shape index (κ2) is 9.98. The van der Waals surface area contributed by atoms with Gasteiger partial charge in [-0.3, -0.25) is 9.59 Å². The fourth-order valence-electron chi connectivity index (χ4n) is 4.49. The Morgan fingerprint density at radius 2 is 1.56 bits per heavy atom. The zero-order valence-electron chi connectivity index (χ0n) is 20.1. The summed E-state index contributed by atoms with van der Waals surface area (Å²) in [5.41, 5.74) is 0.781. The summed E-state index contributed by atoms with van der Waals surface area (Å²) < 4.78 is 21.9. The Morgan fingerprint density at radius 3 is 2.06 bits per heavy atom. The molecular weight excluding hydrogens is 412 g/mol. The number of morpholine rings is 1. The number of carbonyl (C=O) groups is 2. The van der Waals surface area contributed by atoms with Crippen LogP contribution in [0.4, 0.5) is 0 Å². The Labute approximate surface area is 190 Å². The van der Waals surface area contributed by atoms with Gasteiger partial charge in [0.15, 0.2) is 11.5 Å². The normalized spacial score (nSPS) is 21.4. The van der Waals surface area contributed by atoms with Crippen LogP contribution in [0.5, 0.6) is 17.2 Å². The van der Waals surface area contributed by atoms with Gasteiger partial charge in [0.25, 0.3) is 0 Å². The molecule has 0 aromatic heterocycles. The van der Waals surface area contributed by atoms with Crippen LogP contribution in [0.25, 0.3) is 0 Å². The highest BCUT2D eigenvalue weighted by atomic mass is 16.5. The summed E-state index contributed by atoms with van der Waals surface area (Å²) in [7, 11) is 4.71. The Bertz CT molecular complexity index is 803. The maximum absolute atomic E-state index is 13.5. The van der Waals surface area contributed by atoms with Crippen LogP contribution in [0.3, 0.4) is 0 Å². The lowest BCUT2D eigenvalue weighted by atomic mass is 9.87. The first kappa shape index (κ1) is 24.2. The molecule has 2 heterocycles. The molecule has 2 fully saturated rings. The summed E-state index contributed by atoms with van der Waals surface area (Å²) in [5, 5.41) is 0. The molecule has 32 heavy (non-hydrogen) atoms. The molecule has 0 N–H and O–H groups in total. The van der Waals surface area contributed by atoms with Gasteiger partial charge in [-0.2, -0.15) is 0 Å². The van der Waals surface area contributed by atoms with Crippen LogP contribution in [0.15, 0.2) is 12.1 Å². The molecule has 0 saturated carbocycles. The molecule has 1 aromatic rings. The van der Waals surface area contributed by atoms with Crippen molar-refractivity contribution in [1.82, 2.24) is 9.80 Å². The summed E-state index contributed by atoms with van der Waals surface area (Å²) in [6, 6.07) is 3.78. The molecule has 2 unspecified atom stereocenters. The molecule has 1 aromatic carbocycles. The zero-order chi connectivity index (χ0) is 23.5. The first-order chi connectivity index (χ1) is 15.2. The Kier molecular flexibility index (Phi) is 7.54. The van der Waals surface area contributed by atoms with E-state index in [1.165, 1.54) is 0 Å². The minimum Gasteiger partial charge on any atom is -0.493 e. The molecule has 2 aliphatic rings. The minimum atomic E-state index is -0.333. The van der Waals surface area contributed by atoms with Gasteiger partial charge in [0.2, 0.25) is 17.6 Å². The van der Waals surface area contributed by atoms with E-state index in [1.54, 1.807) is 21.3 Å². The van der Waals surface area contributed by atoms with Gasteiger partial charge in [-0.1, -0.05) is 20.8 Å². The molecule has 2 aliphatic heterocycles. The van der Waals surface area contributed by atoms with E-state index in [0.29, 0.717) is 63.1 Å². The van der Waals surface area contributed by atoms with E-state index < -0.39 is 0 Å². The predicted molar refractivity (Wildman–Crippen MR) is 120 cm³/mol. The SMILES string of the molecule is COc1cc(C2CN(C(=O)CC(C)(C)C)CC2C(=O)N2CCOCC2)cc(OC)c1OC. The van der Waals surface area contributed by atoms with Gasteiger partial charge in [-0.05, 0) is 23.1 Å². The fraction of sp³-hybridized carbons (Fsp3) is 0.667. The number of ether oxygens (including phenoxy) is 4. The third-order valence-corrected chi connectivity index (χ3v) is 6.11. The van der Waals surface area contributed by atoms with Crippen molar-refractivity contribution in [2.75, 3.05) is 60.7 Å². The number of amides is 2. The lowest BCUT2D eigenvalue weighted by Crippen LogP contribution is -2.45. The van der Waals surface area contributed by atoms with E-state index in [1.807, 2.05) is 42.7 Å². The number of nitrogens with zero attached hydrogens (tertiary/aromatic N) is 2. The molecule has 2 atom stereocenters. The summed E-state index contributed by atoms with van der Waals surface area (Å²) in [5.74, 6) is 1.24. The van der Waals surface area contributed by atoms with Gasteiger partial charge in [0, 0.05) is 38.5 Å². The van der Waals surface area contributed by atoms with E-state index in [-0.39, 0.29) is 29.1 Å². The Balaban J connectivity index is 1.95. The topological polar surface area (TPSA) is 77.5 Å². The van der Waals surface area contributed by atoms with Crippen molar-refractivity contribution in [3.8, 4) is 17.2 Å². The van der Waals surface area contributed by atoms with Crippen molar-refractivity contribution in [1.29, 1.82) is 0 Å². The van der Waals surface area contributed by atoms with Crippen LogP contribution < -0.4 is 14.2 Å². The van der Waals surface area contributed by atoms with Crippen LogP contribution in [0, 0.1) is 11.3 Å². The van der Waals surface area contributed by atoms with Crippen molar-refractivity contribution >= 4 is 11.8 Å². The summed E-state index contributed by atoms with van der Waals surface area (Å²) >= 11 is 0. The molecule has 8 nitrogen and oxygen atoms in total. The minimum absolute atomic E-state index is 0.0677. The van der Waals surface area contributed by atoms with Gasteiger partial charge in [0.1, 0.15) is 0 Å². The largest absolute Gasteiger partial charge is 0.493 e. The van der Waals surface area contributed by atoms with Crippen LogP contribution in [0.2, 0.25) is 0 Å². The maximum Gasteiger partial charge on any atom is 0.228 e. The van der Waals surface area contributed by atoms with Gasteiger partial charge in [-0.15, -0.1) is 0 Å². The summed E-state index contributed by atoms with van der Waals surface area (Å²) in [4.78, 5) is 30.2. The molecule has 8 heteroatoms. The Morgan fingerprint density at radius 1 is 0.969 bits per heavy atom. The number of carbonyl (C=O) groups excluding carboxylic acids is 2. The lowest BCUT2D eigenvalue weighted by molar-refractivity contribution is -0.140. The number of likely N-dealkylation sites (tertiary alicyclic amines) is 1. The molecule has 0 radical (unpaired) electrons. The first-order valence-electron chi connectivity index (χ1n) is 11.1. The van der Waals surface area contributed by atoms with Crippen molar-refractivity contribution in [3.05, 3.63) is 17.7 Å². The first-order valence-corrected chi connectivity index (χ1v) is 11.1. The van der Waals surface area contributed by atoms with Crippen molar-refractivity contribution in [3.63, 3.8) is 0 Å². The average molecular weight is 449 g/mol. The molecule has 2 saturated heterocycles. The monoisotopic (exact) mass is 448 g/mol. The molecule has 178 valence electrons. The van der Waals surface area contributed by atoms with Crippen molar-refractivity contribution in [2.45, 2.75) is 33.1 Å². The number of hydrogen-bond acceptors (Lipinski definition) is 6. The van der Waals surface area contributed by atoms with Gasteiger partial charge < -0.3 is 28.7 Å². The number of hydrogen-bond donors (Lipinski definition) is 0. The molecule has 0 spiro atoms. The van der Waals surface area contributed by atoms with Crippen LogP contribution in [-0.4, -0.2) is 82.3 Å². The van der Waals surface area contributed by atoms with E-state index in [4.69, 9.17) is 18.9 Å². The number of methoxy groups -OCH3 is 3. The number of rotatable bonds is 6. The summed E-state index contributed by atoms with van der Waals surface area (Å²) in [6.45, 7) is 9.28. The molecule has 2 amide bonds. The summed E-state index contributed by atoms with van der Waals surface area (Å²) in [6.07, 6.45) is 0.438. The zero-order valence-corrected chi connectivity index (χ0v) is 20.1. The highest BCUT2D eigenvalue weighted by molar-refractivity contribution is 5.84. The Hall–Kier alpha value is -2.48. The van der Waals surface area contributed by atoms with Crippen molar-refractivity contribution in [2.24, 2.45) is 11.3 Å². The molecule has 3 rings (SSSR count). The standard InChI is InChI=1S/C24H36N2O6/c1-24(2,3)13-21(27)26-14-17(18(15-26)23(28)25-7-9-32-10-8-25)16-11-19(29-4)22(31-6)20(12-16)30-5/h11-12,17-18H,7-10,13-15H2,1-6H3.